The summed E-state index contributed by atoms with van der Waals surface area (Å²) in [5.41, 5.74) is 0.474. The van der Waals surface area contributed by atoms with Crippen molar-refractivity contribution in [2.45, 2.75) is 18.9 Å². The Balaban J connectivity index is 1.79. The van der Waals surface area contributed by atoms with Crippen molar-refractivity contribution in [3.05, 3.63) is 65.0 Å². The van der Waals surface area contributed by atoms with Crippen LogP contribution in [0.3, 0.4) is 0 Å². The third-order valence-corrected chi connectivity index (χ3v) is 3.90. The van der Waals surface area contributed by atoms with E-state index in [0.717, 1.165) is 12.1 Å². The van der Waals surface area contributed by atoms with Gasteiger partial charge in [0, 0.05) is 36.8 Å². The Kier molecular flexibility index (Phi) is 4.02. The highest BCUT2D eigenvalue weighted by molar-refractivity contribution is 5.79. The molecule has 3 nitrogen and oxygen atoms in total. The van der Waals surface area contributed by atoms with E-state index < -0.39 is 29.2 Å². The number of carbonyl (C=O) groups excluding carboxylic acids is 1. The highest BCUT2D eigenvalue weighted by Crippen LogP contribution is 2.31. The number of hydrogen-bond acceptors (Lipinski definition) is 2. The summed E-state index contributed by atoms with van der Waals surface area (Å²) in [5, 5.41) is 0. The Labute approximate surface area is 129 Å². The highest BCUT2D eigenvalue weighted by Gasteiger charge is 2.32. The van der Waals surface area contributed by atoms with Gasteiger partial charge in [-0.25, -0.2) is 17.6 Å². The predicted molar refractivity (Wildman–Crippen MR) is 73.3 cm³/mol. The molecule has 1 atom stereocenters. The normalized spacial score (nSPS) is 17.8. The fourth-order valence-corrected chi connectivity index (χ4v) is 2.69. The van der Waals surface area contributed by atoms with Crippen LogP contribution in [0.5, 0.6) is 0 Å². The Morgan fingerprint density at radius 1 is 1.13 bits per heavy atom. The zero-order valence-electron chi connectivity index (χ0n) is 11.9. The molecule has 0 saturated carbocycles. The largest absolute Gasteiger partial charge is 0.338 e. The summed E-state index contributed by atoms with van der Waals surface area (Å²) in [5.74, 6) is -5.31. The van der Waals surface area contributed by atoms with Gasteiger partial charge in [-0.1, -0.05) is 0 Å². The number of nitrogens with zero attached hydrogens (tertiary/aromatic N) is 2. The van der Waals surface area contributed by atoms with Crippen molar-refractivity contribution in [1.82, 2.24) is 9.88 Å². The number of amides is 1. The molecular weight excluding hydrogens is 312 g/mol. The second kappa shape index (κ2) is 5.98. The number of aromatic nitrogens is 1. The minimum atomic E-state index is -1.53. The molecule has 1 aromatic heterocycles. The number of halogens is 4. The fourth-order valence-electron chi connectivity index (χ4n) is 2.69. The lowest BCUT2D eigenvalue weighted by Crippen LogP contribution is -2.25. The second-order valence-electron chi connectivity index (χ2n) is 5.44. The van der Waals surface area contributed by atoms with E-state index in [4.69, 9.17) is 0 Å². The fraction of sp³-hybridized carbons (Fsp3) is 0.250. The van der Waals surface area contributed by atoms with E-state index >= 15 is 0 Å². The molecule has 1 fully saturated rings. The van der Waals surface area contributed by atoms with Crippen LogP contribution in [0.15, 0.2) is 30.6 Å². The van der Waals surface area contributed by atoms with Gasteiger partial charge < -0.3 is 4.90 Å². The summed E-state index contributed by atoms with van der Waals surface area (Å²) in [6.07, 6.45) is 2.66. The van der Waals surface area contributed by atoms with Crippen LogP contribution in [-0.2, 0) is 11.3 Å². The number of carbonyl (C=O) groups is 1. The molecule has 0 spiro atoms. The second-order valence-corrected chi connectivity index (χ2v) is 5.44. The number of rotatable bonds is 3. The van der Waals surface area contributed by atoms with Crippen molar-refractivity contribution in [2.75, 3.05) is 6.54 Å². The van der Waals surface area contributed by atoms with Gasteiger partial charge in [-0.3, -0.25) is 9.78 Å². The van der Waals surface area contributed by atoms with Gasteiger partial charge in [-0.05, 0) is 23.8 Å². The Hall–Kier alpha value is -2.44. The van der Waals surface area contributed by atoms with Crippen LogP contribution in [-0.4, -0.2) is 22.3 Å². The van der Waals surface area contributed by atoms with Gasteiger partial charge in [0.15, 0.2) is 17.5 Å². The van der Waals surface area contributed by atoms with Crippen molar-refractivity contribution in [3.8, 4) is 0 Å². The SMILES string of the molecule is O=C1CC(c2cc(F)c(F)c(F)c2)CN1Cc1cnccc1F. The first-order chi connectivity index (χ1) is 11.0. The van der Waals surface area contributed by atoms with E-state index in [2.05, 4.69) is 4.98 Å². The van der Waals surface area contributed by atoms with Gasteiger partial charge in [-0.2, -0.15) is 0 Å². The quantitative estimate of drug-likeness (QED) is 0.642. The van der Waals surface area contributed by atoms with E-state index in [1.54, 1.807) is 0 Å². The van der Waals surface area contributed by atoms with Crippen molar-refractivity contribution in [2.24, 2.45) is 0 Å². The topological polar surface area (TPSA) is 33.2 Å². The van der Waals surface area contributed by atoms with Gasteiger partial charge in [0.1, 0.15) is 5.82 Å². The van der Waals surface area contributed by atoms with Crippen LogP contribution in [0.25, 0.3) is 0 Å². The Bertz CT molecular complexity index is 742. The number of benzene rings is 1. The number of pyridine rings is 1. The molecule has 1 unspecified atom stereocenters. The van der Waals surface area contributed by atoms with E-state index in [1.165, 1.54) is 23.4 Å². The summed E-state index contributed by atoms with van der Waals surface area (Å²) < 4.78 is 53.3. The maximum absolute atomic E-state index is 13.6. The van der Waals surface area contributed by atoms with Gasteiger partial charge in [-0.15, -0.1) is 0 Å². The van der Waals surface area contributed by atoms with Crippen LogP contribution in [0.1, 0.15) is 23.5 Å². The summed E-state index contributed by atoms with van der Waals surface area (Å²) in [7, 11) is 0. The molecule has 1 saturated heterocycles. The van der Waals surface area contributed by atoms with E-state index in [0.29, 0.717) is 0 Å². The molecule has 2 heterocycles. The molecule has 2 aromatic rings. The lowest BCUT2D eigenvalue weighted by Gasteiger charge is -2.17. The molecule has 0 bridgehead atoms. The third-order valence-electron chi connectivity index (χ3n) is 3.90. The lowest BCUT2D eigenvalue weighted by molar-refractivity contribution is -0.128. The molecule has 1 aliphatic rings. The summed E-state index contributed by atoms with van der Waals surface area (Å²) in [6.45, 7) is 0.207. The molecule has 120 valence electrons. The maximum Gasteiger partial charge on any atom is 0.223 e. The van der Waals surface area contributed by atoms with Crippen LogP contribution in [0.4, 0.5) is 17.6 Å². The highest BCUT2D eigenvalue weighted by atomic mass is 19.2. The molecule has 23 heavy (non-hydrogen) atoms. The van der Waals surface area contributed by atoms with Gasteiger partial charge in [0.05, 0.1) is 6.54 Å². The zero-order valence-corrected chi connectivity index (χ0v) is 11.9. The molecule has 0 radical (unpaired) electrons. The molecule has 1 aromatic carbocycles. The molecule has 0 aliphatic carbocycles. The number of likely N-dealkylation sites (tertiary alicyclic amines) is 1. The number of hydrogen-bond donors (Lipinski definition) is 0. The molecule has 7 heteroatoms. The van der Waals surface area contributed by atoms with Gasteiger partial charge in [0.25, 0.3) is 0 Å². The van der Waals surface area contributed by atoms with Crippen molar-refractivity contribution >= 4 is 5.91 Å². The van der Waals surface area contributed by atoms with Crippen LogP contribution < -0.4 is 0 Å². The molecule has 0 N–H and O–H groups in total. The maximum atomic E-state index is 13.6. The zero-order chi connectivity index (χ0) is 16.6. The minimum Gasteiger partial charge on any atom is -0.338 e. The first kappa shape index (κ1) is 15.5. The standard InChI is InChI=1S/C16H12F4N2O/c17-12-1-2-21-6-11(12)8-22-7-10(5-15(22)23)9-3-13(18)16(20)14(19)4-9/h1-4,6,10H,5,7-8H2. The lowest BCUT2D eigenvalue weighted by atomic mass is 9.98. The first-order valence-electron chi connectivity index (χ1n) is 6.96. The van der Waals surface area contributed by atoms with E-state index in [9.17, 15) is 22.4 Å². The van der Waals surface area contributed by atoms with Crippen LogP contribution >= 0.6 is 0 Å². The van der Waals surface area contributed by atoms with Gasteiger partial charge >= 0.3 is 0 Å². The van der Waals surface area contributed by atoms with Crippen molar-refractivity contribution in [1.29, 1.82) is 0 Å². The third kappa shape index (κ3) is 3.04. The first-order valence-corrected chi connectivity index (χ1v) is 6.96. The Morgan fingerprint density at radius 2 is 1.83 bits per heavy atom. The van der Waals surface area contributed by atoms with Gasteiger partial charge in [0.2, 0.25) is 5.91 Å². The molecular formula is C16H12F4N2O. The summed E-state index contributed by atoms with van der Waals surface area (Å²) in [4.78, 5) is 17.2. The van der Waals surface area contributed by atoms with Crippen molar-refractivity contribution in [3.63, 3.8) is 0 Å². The van der Waals surface area contributed by atoms with E-state index in [-0.39, 0.29) is 36.5 Å². The minimum absolute atomic E-state index is 0.0289. The van der Waals surface area contributed by atoms with E-state index in [1.807, 2.05) is 0 Å². The predicted octanol–water partition coefficient (Wildman–Crippen LogP) is 3.15. The van der Waals surface area contributed by atoms with Crippen molar-refractivity contribution < 1.29 is 22.4 Å². The smallest absolute Gasteiger partial charge is 0.223 e. The van der Waals surface area contributed by atoms with Crippen LogP contribution in [0, 0.1) is 23.3 Å². The molecule has 1 aliphatic heterocycles. The van der Waals surface area contributed by atoms with Crippen LogP contribution in [0.2, 0.25) is 0 Å². The Morgan fingerprint density at radius 3 is 2.48 bits per heavy atom. The summed E-state index contributed by atoms with van der Waals surface area (Å²) >= 11 is 0. The molecule has 1 amide bonds. The monoisotopic (exact) mass is 324 g/mol. The average molecular weight is 324 g/mol. The average Bonchev–Trinajstić information content (AvgIpc) is 2.88. The summed E-state index contributed by atoms with van der Waals surface area (Å²) in [6, 6.07) is 2.98. The molecule has 3 rings (SSSR count).